The molecule has 3 nitrogen and oxygen atoms in total. The van der Waals surface area contributed by atoms with Gasteiger partial charge in [-0.1, -0.05) is 0 Å². The molecule has 0 amide bonds. The SMILES string of the molecule is Cc1cc(=O)cc(C)n1CC1CCNC1. The van der Waals surface area contributed by atoms with Crippen LogP contribution in [0, 0.1) is 19.8 Å². The highest BCUT2D eigenvalue weighted by Crippen LogP contribution is 2.13. The maximum Gasteiger partial charge on any atom is 0.182 e. The molecular formula is C12H18N2O. The van der Waals surface area contributed by atoms with E-state index in [1.807, 2.05) is 13.8 Å². The van der Waals surface area contributed by atoms with Gasteiger partial charge >= 0.3 is 0 Å². The van der Waals surface area contributed by atoms with E-state index in [2.05, 4.69) is 9.88 Å². The van der Waals surface area contributed by atoms with Crippen LogP contribution in [0.4, 0.5) is 0 Å². The van der Waals surface area contributed by atoms with Crippen LogP contribution in [0.25, 0.3) is 0 Å². The van der Waals surface area contributed by atoms with Crippen LogP contribution < -0.4 is 10.7 Å². The van der Waals surface area contributed by atoms with Crippen molar-refractivity contribution in [1.82, 2.24) is 9.88 Å². The molecule has 1 saturated heterocycles. The summed E-state index contributed by atoms with van der Waals surface area (Å²) in [7, 11) is 0. The molecule has 82 valence electrons. The fourth-order valence-corrected chi connectivity index (χ4v) is 2.30. The summed E-state index contributed by atoms with van der Waals surface area (Å²) >= 11 is 0. The van der Waals surface area contributed by atoms with E-state index in [-0.39, 0.29) is 5.43 Å². The van der Waals surface area contributed by atoms with Crippen LogP contribution in [0.15, 0.2) is 16.9 Å². The molecule has 1 N–H and O–H groups in total. The van der Waals surface area contributed by atoms with Crippen LogP contribution in [-0.2, 0) is 6.54 Å². The van der Waals surface area contributed by atoms with Gasteiger partial charge in [-0.25, -0.2) is 0 Å². The first-order valence-electron chi connectivity index (χ1n) is 5.55. The molecule has 1 unspecified atom stereocenters. The normalized spacial score (nSPS) is 20.8. The van der Waals surface area contributed by atoms with E-state index in [0.717, 1.165) is 31.0 Å². The summed E-state index contributed by atoms with van der Waals surface area (Å²) in [5.41, 5.74) is 2.27. The van der Waals surface area contributed by atoms with Gasteiger partial charge in [-0.15, -0.1) is 0 Å². The Morgan fingerprint density at radius 3 is 2.60 bits per heavy atom. The minimum Gasteiger partial charge on any atom is -0.349 e. The third-order valence-electron chi connectivity index (χ3n) is 3.16. The van der Waals surface area contributed by atoms with Crippen LogP contribution in [-0.4, -0.2) is 17.7 Å². The quantitative estimate of drug-likeness (QED) is 0.785. The van der Waals surface area contributed by atoms with E-state index in [9.17, 15) is 4.79 Å². The lowest BCUT2D eigenvalue weighted by molar-refractivity contribution is 0.466. The first-order chi connectivity index (χ1) is 7.16. The van der Waals surface area contributed by atoms with Gasteiger partial charge in [-0.2, -0.15) is 0 Å². The van der Waals surface area contributed by atoms with E-state index < -0.39 is 0 Å². The molecule has 1 aromatic rings. The van der Waals surface area contributed by atoms with Crippen molar-refractivity contribution in [3.8, 4) is 0 Å². The molecule has 0 aromatic carbocycles. The van der Waals surface area contributed by atoms with Crippen molar-refractivity contribution in [1.29, 1.82) is 0 Å². The summed E-state index contributed by atoms with van der Waals surface area (Å²) in [5.74, 6) is 0.713. The molecule has 0 spiro atoms. The van der Waals surface area contributed by atoms with Crippen LogP contribution in [0.5, 0.6) is 0 Å². The summed E-state index contributed by atoms with van der Waals surface area (Å²) < 4.78 is 2.25. The first-order valence-corrected chi connectivity index (χ1v) is 5.55. The van der Waals surface area contributed by atoms with Gasteiger partial charge < -0.3 is 9.88 Å². The molecule has 2 rings (SSSR count). The minimum absolute atomic E-state index is 0.116. The molecule has 15 heavy (non-hydrogen) atoms. The number of aryl methyl sites for hydroxylation is 2. The van der Waals surface area contributed by atoms with Gasteiger partial charge in [-0.3, -0.25) is 4.79 Å². The zero-order valence-electron chi connectivity index (χ0n) is 9.42. The van der Waals surface area contributed by atoms with Crippen molar-refractivity contribution < 1.29 is 0 Å². The lowest BCUT2D eigenvalue weighted by Gasteiger charge is -2.17. The predicted molar refractivity (Wildman–Crippen MR) is 61.2 cm³/mol. The van der Waals surface area contributed by atoms with Gasteiger partial charge in [0.2, 0.25) is 0 Å². The van der Waals surface area contributed by atoms with E-state index in [4.69, 9.17) is 0 Å². The zero-order chi connectivity index (χ0) is 10.8. The Kier molecular flexibility index (Phi) is 2.91. The van der Waals surface area contributed by atoms with Gasteiger partial charge in [0.25, 0.3) is 0 Å². The zero-order valence-corrected chi connectivity index (χ0v) is 9.42. The number of hydrogen-bond acceptors (Lipinski definition) is 2. The third-order valence-corrected chi connectivity index (χ3v) is 3.16. The van der Waals surface area contributed by atoms with Crippen molar-refractivity contribution in [2.24, 2.45) is 5.92 Å². The lowest BCUT2D eigenvalue weighted by Crippen LogP contribution is -2.19. The van der Waals surface area contributed by atoms with Gasteiger partial charge in [0.05, 0.1) is 0 Å². The number of hydrogen-bond donors (Lipinski definition) is 1. The minimum atomic E-state index is 0.116. The highest BCUT2D eigenvalue weighted by atomic mass is 16.1. The van der Waals surface area contributed by atoms with Crippen LogP contribution in [0.2, 0.25) is 0 Å². The maximum absolute atomic E-state index is 11.3. The fraction of sp³-hybridized carbons (Fsp3) is 0.583. The van der Waals surface area contributed by atoms with E-state index in [1.54, 1.807) is 12.1 Å². The van der Waals surface area contributed by atoms with Crippen LogP contribution in [0.1, 0.15) is 17.8 Å². The summed E-state index contributed by atoms with van der Waals surface area (Å²) in [6.45, 7) is 7.28. The average Bonchev–Trinajstić information content (AvgIpc) is 2.63. The molecule has 1 aromatic heterocycles. The lowest BCUT2D eigenvalue weighted by atomic mass is 10.1. The van der Waals surface area contributed by atoms with E-state index in [1.165, 1.54) is 6.42 Å². The van der Waals surface area contributed by atoms with E-state index >= 15 is 0 Å². The van der Waals surface area contributed by atoms with Crippen molar-refractivity contribution >= 4 is 0 Å². The Labute approximate surface area is 90.1 Å². The van der Waals surface area contributed by atoms with Crippen molar-refractivity contribution in [2.75, 3.05) is 13.1 Å². The van der Waals surface area contributed by atoms with E-state index in [0.29, 0.717) is 5.92 Å². The highest BCUT2D eigenvalue weighted by Gasteiger charge is 2.15. The third kappa shape index (κ3) is 2.29. The standard InChI is InChI=1S/C12H18N2O/c1-9-5-12(15)6-10(2)14(9)8-11-3-4-13-7-11/h5-6,11,13H,3-4,7-8H2,1-2H3. The molecule has 1 fully saturated rings. The number of rotatable bonds is 2. The monoisotopic (exact) mass is 206 g/mol. The van der Waals surface area contributed by atoms with Crippen molar-refractivity contribution in [3.63, 3.8) is 0 Å². The Morgan fingerprint density at radius 1 is 1.40 bits per heavy atom. The Morgan fingerprint density at radius 2 is 2.07 bits per heavy atom. The smallest absolute Gasteiger partial charge is 0.182 e. The second-order valence-electron chi connectivity index (χ2n) is 4.44. The largest absolute Gasteiger partial charge is 0.349 e. The Bertz CT molecular complexity index is 376. The second-order valence-corrected chi connectivity index (χ2v) is 4.44. The average molecular weight is 206 g/mol. The Hall–Kier alpha value is -1.09. The van der Waals surface area contributed by atoms with Gasteiger partial charge in [0.1, 0.15) is 0 Å². The topological polar surface area (TPSA) is 34.0 Å². The first kappa shape index (κ1) is 10.4. The van der Waals surface area contributed by atoms with Gasteiger partial charge in [0.15, 0.2) is 5.43 Å². The molecule has 1 aliphatic rings. The van der Waals surface area contributed by atoms with Gasteiger partial charge in [-0.05, 0) is 39.3 Å². The number of nitrogens with one attached hydrogen (secondary N) is 1. The highest BCUT2D eigenvalue weighted by molar-refractivity contribution is 5.12. The molecule has 0 aliphatic carbocycles. The van der Waals surface area contributed by atoms with Gasteiger partial charge in [0, 0.05) is 30.1 Å². The van der Waals surface area contributed by atoms with Crippen LogP contribution >= 0.6 is 0 Å². The number of nitrogens with zero attached hydrogens (tertiary/aromatic N) is 1. The number of pyridine rings is 1. The molecule has 3 heteroatoms. The summed E-state index contributed by atoms with van der Waals surface area (Å²) in [4.78, 5) is 11.3. The Balaban J connectivity index is 2.23. The predicted octanol–water partition coefficient (Wildman–Crippen LogP) is 1.07. The molecular weight excluding hydrogens is 188 g/mol. The molecule has 0 saturated carbocycles. The fourth-order valence-electron chi connectivity index (χ4n) is 2.30. The van der Waals surface area contributed by atoms with Crippen LogP contribution in [0.3, 0.4) is 0 Å². The maximum atomic E-state index is 11.3. The van der Waals surface area contributed by atoms with Crippen molar-refractivity contribution in [3.05, 3.63) is 33.7 Å². The summed E-state index contributed by atoms with van der Waals surface area (Å²) in [6, 6.07) is 3.44. The number of aromatic nitrogens is 1. The molecule has 0 bridgehead atoms. The van der Waals surface area contributed by atoms with Crippen molar-refractivity contribution in [2.45, 2.75) is 26.8 Å². The molecule has 1 atom stereocenters. The summed E-state index contributed by atoms with van der Waals surface area (Å²) in [5, 5.41) is 3.37. The molecule has 1 aliphatic heterocycles. The second kappa shape index (κ2) is 4.19. The summed E-state index contributed by atoms with van der Waals surface area (Å²) in [6.07, 6.45) is 1.24. The molecule has 0 radical (unpaired) electrons. The molecule has 2 heterocycles.